The van der Waals surface area contributed by atoms with E-state index in [1.807, 2.05) is 0 Å². The van der Waals surface area contributed by atoms with Gasteiger partial charge in [0, 0.05) is 23.2 Å². The van der Waals surface area contributed by atoms with E-state index in [1.165, 1.54) is 38.5 Å². The summed E-state index contributed by atoms with van der Waals surface area (Å²) in [4.78, 5) is 0. The zero-order valence-electron chi connectivity index (χ0n) is 11.4. The average Bonchev–Trinajstić information content (AvgIpc) is 2.37. The first-order valence-corrected chi connectivity index (χ1v) is 8.47. The van der Waals surface area contributed by atoms with Crippen LogP contribution in [0.3, 0.4) is 0 Å². The Balaban J connectivity index is 2.17. The van der Waals surface area contributed by atoms with E-state index in [0.717, 1.165) is 25.7 Å². The average molecular weight is 270 g/mol. The summed E-state index contributed by atoms with van der Waals surface area (Å²) in [5, 5.41) is 0. The molecule has 0 aromatic heterocycles. The predicted molar refractivity (Wildman–Crippen MR) is 76.0 cm³/mol. The van der Waals surface area contributed by atoms with E-state index in [0.29, 0.717) is 6.16 Å². The minimum Gasteiger partial charge on any atom is -0.325 e. The van der Waals surface area contributed by atoms with Crippen LogP contribution in [-0.4, -0.2) is 17.2 Å². The molecule has 4 heteroatoms. The van der Waals surface area contributed by atoms with Crippen LogP contribution >= 0.6 is 8.46 Å². The van der Waals surface area contributed by atoms with Crippen LogP contribution in [0.15, 0.2) is 0 Å². The van der Waals surface area contributed by atoms with Gasteiger partial charge in [-0.25, -0.2) is 0 Å². The minimum absolute atomic E-state index is 0.165. The third-order valence-corrected chi connectivity index (χ3v) is 5.73. The summed E-state index contributed by atoms with van der Waals surface area (Å²) in [7, 11) is 0.211. The van der Waals surface area contributed by atoms with Gasteiger partial charge in [-0.3, -0.25) is 4.57 Å². The van der Waals surface area contributed by atoms with E-state index < -0.39 is 0 Å². The smallest absolute Gasteiger partial charge is 0.155 e. The fraction of sp³-hybridized carbons (Fsp3) is 1.00. The number of hydrogen-bond donors (Lipinski definition) is 2. The maximum Gasteiger partial charge on any atom is 0.155 e. The molecule has 0 radical (unpaired) electrons. The van der Waals surface area contributed by atoms with Crippen LogP contribution in [0.4, 0.5) is 0 Å². The molecule has 0 bridgehead atoms. The fourth-order valence-corrected chi connectivity index (χ4v) is 5.00. The highest BCUT2D eigenvalue weighted by Crippen LogP contribution is 2.43. The van der Waals surface area contributed by atoms with Crippen LogP contribution in [0.1, 0.15) is 64.2 Å². The highest BCUT2D eigenvalue weighted by molar-refractivity contribution is 7.23. The van der Waals surface area contributed by atoms with Gasteiger partial charge < -0.3 is 11.5 Å². The minimum atomic E-state index is -0.165. The van der Waals surface area contributed by atoms with Crippen molar-refractivity contribution in [3.63, 3.8) is 0 Å². The molecule has 3 nitrogen and oxygen atoms in total. The second-order valence-corrected chi connectivity index (χ2v) is 7.08. The van der Waals surface area contributed by atoms with E-state index in [4.69, 9.17) is 11.5 Å². The summed E-state index contributed by atoms with van der Waals surface area (Å²) in [5.41, 5.74) is 13.0. The summed E-state index contributed by atoms with van der Waals surface area (Å²) in [6, 6.07) is 0. The van der Waals surface area contributed by atoms with E-state index >= 15 is 0 Å². The van der Waals surface area contributed by atoms with Gasteiger partial charge in [-0.05, 0) is 25.7 Å². The lowest BCUT2D eigenvalue weighted by molar-refractivity contribution is 0.102. The molecule has 4 N–H and O–H groups in total. The normalized spacial score (nSPS) is 27.5. The number of rotatable bonds is 4. The monoisotopic (exact) mass is 270 g/mol. The van der Waals surface area contributed by atoms with Crippen LogP contribution in [0, 0.1) is 5.92 Å². The molecule has 2 aliphatic carbocycles. The zero-order valence-corrected chi connectivity index (χ0v) is 12.3. The van der Waals surface area contributed by atoms with Gasteiger partial charge in [-0.15, -0.1) is 0 Å². The highest BCUT2D eigenvalue weighted by atomic mass is 31.1. The fourth-order valence-electron chi connectivity index (χ4n) is 4.13. The van der Waals surface area contributed by atoms with Gasteiger partial charge in [0.1, 0.15) is 0 Å². The molecule has 2 rings (SSSR count). The molecule has 0 heterocycles. The largest absolute Gasteiger partial charge is 0.325 e. The van der Waals surface area contributed by atoms with Crippen molar-refractivity contribution in [2.24, 2.45) is 17.4 Å². The van der Waals surface area contributed by atoms with Gasteiger partial charge in [-0.2, -0.15) is 0 Å². The van der Waals surface area contributed by atoms with Crippen LogP contribution in [0.2, 0.25) is 0 Å². The third-order valence-electron chi connectivity index (χ3n) is 5.21. The summed E-state index contributed by atoms with van der Waals surface area (Å²) in [6.07, 6.45) is 12.3. The Morgan fingerprint density at radius 3 is 1.56 bits per heavy atom. The van der Waals surface area contributed by atoms with Crippen LogP contribution in [0.5, 0.6) is 0 Å². The molecular weight excluding hydrogens is 243 g/mol. The molecule has 2 aliphatic rings. The first kappa shape index (κ1) is 14.4. The molecule has 0 saturated heterocycles. The van der Waals surface area contributed by atoms with Crippen molar-refractivity contribution >= 4 is 8.46 Å². The van der Waals surface area contributed by atoms with Crippen LogP contribution in [0.25, 0.3) is 0 Å². The quantitative estimate of drug-likeness (QED) is 0.771. The third kappa shape index (κ3) is 2.95. The van der Waals surface area contributed by atoms with Gasteiger partial charge in [0.05, 0.1) is 0 Å². The molecule has 0 atom stereocenters. The molecule has 2 saturated carbocycles. The topological polar surface area (TPSA) is 69.1 Å². The van der Waals surface area contributed by atoms with Gasteiger partial charge in [-0.1, -0.05) is 38.5 Å². The van der Waals surface area contributed by atoms with Crippen molar-refractivity contribution in [2.75, 3.05) is 6.16 Å². The van der Waals surface area contributed by atoms with E-state index in [2.05, 4.69) is 0 Å². The zero-order chi connectivity index (χ0) is 13.1. The van der Waals surface area contributed by atoms with Crippen molar-refractivity contribution in [2.45, 2.75) is 75.3 Å². The lowest BCUT2D eigenvalue weighted by Crippen LogP contribution is -2.63. The van der Waals surface area contributed by atoms with Crippen molar-refractivity contribution in [1.82, 2.24) is 0 Å². The number of hydrogen-bond acceptors (Lipinski definition) is 3. The SMILES string of the molecule is NC1(C(CP=O)C2(N)CCCCC2)CCCCC1. The van der Waals surface area contributed by atoms with Crippen LogP contribution < -0.4 is 11.5 Å². The molecule has 0 spiro atoms. The van der Waals surface area contributed by atoms with E-state index in [-0.39, 0.29) is 25.5 Å². The Morgan fingerprint density at radius 2 is 1.22 bits per heavy atom. The lowest BCUT2D eigenvalue weighted by atomic mass is 9.62. The first-order chi connectivity index (χ1) is 8.61. The molecule has 0 unspecified atom stereocenters. The summed E-state index contributed by atoms with van der Waals surface area (Å²) in [6.45, 7) is 0. The standard InChI is InChI=1S/C14H27N2OP/c15-13(7-3-1-4-8-13)12(11-18-17)14(16)9-5-2-6-10-14/h12H,1-11,15-16H2. The van der Waals surface area contributed by atoms with Gasteiger partial charge in [0.25, 0.3) is 0 Å². The molecule has 0 aliphatic heterocycles. The maximum absolute atomic E-state index is 11.2. The molecule has 0 amide bonds. The molecular formula is C14H27N2OP. The van der Waals surface area contributed by atoms with Crippen molar-refractivity contribution in [3.05, 3.63) is 0 Å². The molecule has 0 aromatic carbocycles. The Morgan fingerprint density at radius 1 is 0.833 bits per heavy atom. The van der Waals surface area contributed by atoms with Crippen molar-refractivity contribution < 1.29 is 4.57 Å². The van der Waals surface area contributed by atoms with Crippen molar-refractivity contribution in [3.8, 4) is 0 Å². The second kappa shape index (κ2) is 5.98. The predicted octanol–water partition coefficient (Wildman–Crippen LogP) is 3.22. The molecule has 18 heavy (non-hydrogen) atoms. The first-order valence-electron chi connectivity index (χ1n) is 7.48. The van der Waals surface area contributed by atoms with E-state index in [9.17, 15) is 4.57 Å². The Labute approximate surface area is 112 Å². The van der Waals surface area contributed by atoms with Crippen molar-refractivity contribution in [1.29, 1.82) is 0 Å². The van der Waals surface area contributed by atoms with Crippen LogP contribution in [-0.2, 0) is 4.57 Å². The van der Waals surface area contributed by atoms with E-state index in [1.54, 1.807) is 0 Å². The molecule has 0 aromatic rings. The highest BCUT2D eigenvalue weighted by Gasteiger charge is 2.47. The molecule has 2 fully saturated rings. The summed E-state index contributed by atoms with van der Waals surface area (Å²) < 4.78 is 11.2. The second-order valence-electron chi connectivity index (χ2n) is 6.45. The molecule has 104 valence electrons. The maximum atomic E-state index is 11.2. The van der Waals surface area contributed by atoms with Gasteiger partial charge >= 0.3 is 0 Å². The Hall–Kier alpha value is 0.0200. The van der Waals surface area contributed by atoms with Gasteiger partial charge in [0.15, 0.2) is 8.46 Å². The summed E-state index contributed by atoms with van der Waals surface area (Å²) >= 11 is 0. The Kier molecular flexibility index (Phi) is 4.80. The summed E-state index contributed by atoms with van der Waals surface area (Å²) in [5.74, 6) is 0.227. The lowest BCUT2D eigenvalue weighted by Gasteiger charge is -2.50. The Bertz CT molecular complexity index is 260. The number of nitrogens with two attached hydrogens (primary N) is 2. The van der Waals surface area contributed by atoms with Gasteiger partial charge in [0.2, 0.25) is 0 Å².